The molecule has 0 saturated heterocycles. The van der Waals surface area contributed by atoms with Crippen molar-refractivity contribution in [1.29, 1.82) is 0 Å². The number of nitrogens with two attached hydrogens (primary N) is 1. The van der Waals surface area contributed by atoms with Crippen LogP contribution >= 0.6 is 0 Å². The smallest absolute Gasteiger partial charge is 0.218 e. The van der Waals surface area contributed by atoms with Gasteiger partial charge < -0.3 is 10.5 Å². The third-order valence-corrected chi connectivity index (χ3v) is 4.05. The lowest BCUT2D eigenvalue weighted by atomic mass is 9.95. The predicted octanol–water partition coefficient (Wildman–Crippen LogP) is 3.77. The van der Waals surface area contributed by atoms with Gasteiger partial charge in [-0.2, -0.15) is 0 Å². The molecular weight excluding hydrogens is 248 g/mol. The number of rotatable bonds is 8. The Hall–Kier alpha value is -1.09. The van der Waals surface area contributed by atoms with Crippen molar-refractivity contribution in [3.8, 4) is 5.88 Å². The molecule has 20 heavy (non-hydrogen) atoms. The zero-order valence-electron chi connectivity index (χ0n) is 12.8. The summed E-state index contributed by atoms with van der Waals surface area (Å²) in [6.07, 6.45) is 11.0. The number of hydrogen-bond donors (Lipinski definition) is 1. The fourth-order valence-electron chi connectivity index (χ4n) is 2.81. The van der Waals surface area contributed by atoms with Crippen LogP contribution in [-0.4, -0.2) is 11.6 Å². The number of fused-ring (bicyclic) bond motifs is 1. The van der Waals surface area contributed by atoms with Gasteiger partial charge in [-0.15, -0.1) is 0 Å². The van der Waals surface area contributed by atoms with Gasteiger partial charge in [-0.25, -0.2) is 4.98 Å². The molecule has 2 rings (SSSR count). The largest absolute Gasteiger partial charge is 0.477 e. The first-order chi connectivity index (χ1) is 9.85. The summed E-state index contributed by atoms with van der Waals surface area (Å²) in [7, 11) is 0. The van der Waals surface area contributed by atoms with Gasteiger partial charge in [0.1, 0.15) is 0 Å². The van der Waals surface area contributed by atoms with Crippen molar-refractivity contribution in [2.45, 2.75) is 71.3 Å². The number of aryl methyl sites for hydroxylation is 2. The zero-order valence-corrected chi connectivity index (χ0v) is 12.8. The monoisotopic (exact) mass is 276 g/mol. The van der Waals surface area contributed by atoms with Gasteiger partial charge in [0, 0.05) is 17.8 Å². The number of unbranched alkanes of at least 4 members (excludes halogenated alkanes) is 4. The third kappa shape index (κ3) is 4.20. The minimum atomic E-state index is 0.519. The number of pyridine rings is 1. The minimum absolute atomic E-state index is 0.519. The Kier molecular flexibility index (Phi) is 6.31. The maximum Gasteiger partial charge on any atom is 0.218 e. The minimum Gasteiger partial charge on any atom is -0.477 e. The summed E-state index contributed by atoms with van der Waals surface area (Å²) in [5.74, 6) is 0.781. The highest BCUT2D eigenvalue weighted by atomic mass is 16.5. The molecule has 2 N–H and O–H groups in total. The van der Waals surface area contributed by atoms with Crippen LogP contribution in [0.4, 0.5) is 0 Å². The summed E-state index contributed by atoms with van der Waals surface area (Å²) in [6, 6.07) is 2.22. The van der Waals surface area contributed by atoms with Crippen LogP contribution in [0.3, 0.4) is 0 Å². The summed E-state index contributed by atoms with van der Waals surface area (Å²) < 4.78 is 5.88. The molecule has 0 fully saturated rings. The normalized spacial score (nSPS) is 14.1. The molecule has 1 aromatic heterocycles. The molecule has 0 bridgehead atoms. The van der Waals surface area contributed by atoms with Crippen LogP contribution in [0.5, 0.6) is 5.88 Å². The van der Waals surface area contributed by atoms with Crippen molar-refractivity contribution in [2.75, 3.05) is 6.61 Å². The van der Waals surface area contributed by atoms with Crippen LogP contribution in [-0.2, 0) is 19.4 Å². The van der Waals surface area contributed by atoms with E-state index in [9.17, 15) is 0 Å². The highest BCUT2D eigenvalue weighted by molar-refractivity contribution is 5.35. The van der Waals surface area contributed by atoms with E-state index in [0.717, 1.165) is 37.3 Å². The highest BCUT2D eigenvalue weighted by Crippen LogP contribution is 2.26. The van der Waals surface area contributed by atoms with E-state index in [1.165, 1.54) is 49.8 Å². The van der Waals surface area contributed by atoms with Crippen LogP contribution in [0, 0.1) is 0 Å². The molecule has 1 aliphatic carbocycles. The number of hydrogen-bond acceptors (Lipinski definition) is 3. The highest BCUT2D eigenvalue weighted by Gasteiger charge is 2.15. The van der Waals surface area contributed by atoms with Crippen molar-refractivity contribution in [3.05, 3.63) is 22.9 Å². The Morgan fingerprint density at radius 2 is 1.95 bits per heavy atom. The molecule has 0 saturated carbocycles. The quantitative estimate of drug-likeness (QED) is 0.735. The molecule has 1 heterocycles. The first-order valence-electron chi connectivity index (χ1n) is 8.19. The van der Waals surface area contributed by atoms with Gasteiger partial charge in [0.15, 0.2) is 0 Å². The third-order valence-electron chi connectivity index (χ3n) is 4.05. The predicted molar refractivity (Wildman–Crippen MR) is 83.0 cm³/mol. The second kappa shape index (κ2) is 8.25. The van der Waals surface area contributed by atoms with Crippen molar-refractivity contribution in [2.24, 2.45) is 5.73 Å². The molecule has 0 amide bonds. The van der Waals surface area contributed by atoms with Crippen molar-refractivity contribution < 1.29 is 4.74 Å². The van der Waals surface area contributed by atoms with Gasteiger partial charge in [0.2, 0.25) is 5.88 Å². The molecule has 112 valence electrons. The molecule has 0 radical (unpaired) electrons. The molecule has 1 aromatic rings. The van der Waals surface area contributed by atoms with Gasteiger partial charge in [0.05, 0.1) is 6.61 Å². The maximum atomic E-state index is 5.88. The van der Waals surface area contributed by atoms with E-state index in [2.05, 4.69) is 13.0 Å². The lowest BCUT2D eigenvalue weighted by Crippen LogP contribution is -2.12. The SMILES string of the molecule is CCCCCCCOc1nc2c(cc1CN)CCCC2. The number of nitrogens with zero attached hydrogens (tertiary/aromatic N) is 1. The van der Waals surface area contributed by atoms with E-state index < -0.39 is 0 Å². The Labute approximate surface area is 122 Å². The molecule has 0 spiro atoms. The van der Waals surface area contributed by atoms with Crippen LogP contribution in [0.2, 0.25) is 0 Å². The molecule has 0 unspecified atom stereocenters. The van der Waals surface area contributed by atoms with Crippen LogP contribution in [0.15, 0.2) is 6.07 Å². The van der Waals surface area contributed by atoms with Gasteiger partial charge in [0.25, 0.3) is 0 Å². The van der Waals surface area contributed by atoms with E-state index in [1.54, 1.807) is 0 Å². The van der Waals surface area contributed by atoms with Crippen LogP contribution < -0.4 is 10.5 Å². The molecule has 3 heteroatoms. The van der Waals surface area contributed by atoms with Crippen molar-refractivity contribution in [1.82, 2.24) is 4.98 Å². The summed E-state index contributed by atoms with van der Waals surface area (Å²) in [6.45, 7) is 3.52. The topological polar surface area (TPSA) is 48.1 Å². The Morgan fingerprint density at radius 1 is 1.15 bits per heavy atom. The van der Waals surface area contributed by atoms with E-state index in [-0.39, 0.29) is 0 Å². The van der Waals surface area contributed by atoms with Crippen LogP contribution in [0.25, 0.3) is 0 Å². The average Bonchev–Trinajstić information content (AvgIpc) is 2.50. The molecule has 3 nitrogen and oxygen atoms in total. The lowest BCUT2D eigenvalue weighted by Gasteiger charge is -2.18. The Bertz CT molecular complexity index is 418. The molecular formula is C17H28N2O. The van der Waals surface area contributed by atoms with Crippen LogP contribution in [0.1, 0.15) is 68.7 Å². The lowest BCUT2D eigenvalue weighted by molar-refractivity contribution is 0.289. The van der Waals surface area contributed by atoms with Gasteiger partial charge in [-0.3, -0.25) is 0 Å². The van der Waals surface area contributed by atoms with Gasteiger partial charge >= 0.3 is 0 Å². The summed E-state index contributed by atoms with van der Waals surface area (Å²) in [5.41, 5.74) is 9.51. The molecule has 1 aliphatic rings. The van der Waals surface area contributed by atoms with E-state index >= 15 is 0 Å². The van der Waals surface area contributed by atoms with Gasteiger partial charge in [-0.1, -0.05) is 32.6 Å². The average molecular weight is 276 g/mol. The summed E-state index contributed by atoms with van der Waals surface area (Å²) in [4.78, 5) is 4.72. The first kappa shape index (κ1) is 15.3. The zero-order chi connectivity index (χ0) is 14.2. The number of ether oxygens (including phenoxy) is 1. The van der Waals surface area contributed by atoms with Crippen molar-refractivity contribution >= 4 is 0 Å². The number of aromatic nitrogens is 1. The summed E-state index contributed by atoms with van der Waals surface area (Å²) >= 11 is 0. The fraction of sp³-hybridized carbons (Fsp3) is 0.706. The van der Waals surface area contributed by atoms with E-state index in [0.29, 0.717) is 6.54 Å². The Balaban J connectivity index is 1.89. The Morgan fingerprint density at radius 3 is 2.75 bits per heavy atom. The van der Waals surface area contributed by atoms with E-state index in [4.69, 9.17) is 15.5 Å². The van der Waals surface area contributed by atoms with E-state index in [1.807, 2.05) is 0 Å². The molecule has 0 aliphatic heterocycles. The summed E-state index contributed by atoms with van der Waals surface area (Å²) in [5, 5.41) is 0. The van der Waals surface area contributed by atoms with Gasteiger partial charge in [-0.05, 0) is 43.7 Å². The first-order valence-corrected chi connectivity index (χ1v) is 8.19. The van der Waals surface area contributed by atoms with Crippen molar-refractivity contribution in [3.63, 3.8) is 0 Å². The second-order valence-corrected chi connectivity index (χ2v) is 5.73. The maximum absolute atomic E-state index is 5.88. The molecule has 0 atom stereocenters. The molecule has 0 aromatic carbocycles. The fourth-order valence-corrected chi connectivity index (χ4v) is 2.81. The second-order valence-electron chi connectivity index (χ2n) is 5.73. The standard InChI is InChI=1S/C17H28N2O/c1-2-3-4-5-8-11-20-17-15(13-18)12-14-9-6-7-10-16(14)19-17/h12H,2-11,13,18H2,1H3.